The summed E-state index contributed by atoms with van der Waals surface area (Å²) < 4.78 is 13.2. The highest BCUT2D eigenvalue weighted by Crippen LogP contribution is 2.28. The Labute approximate surface area is 146 Å². The molecule has 0 unspecified atom stereocenters. The maximum atomic E-state index is 13.2. The first-order chi connectivity index (χ1) is 11.8. The van der Waals surface area contributed by atoms with Gasteiger partial charge in [-0.25, -0.2) is 4.39 Å². The SMILES string of the molecule is Cc1ccc(N2C[C@@H](C(=O)Nc3ccc(F)cc3C)CC2=O)cc1C. The van der Waals surface area contributed by atoms with Crippen LogP contribution in [0.5, 0.6) is 0 Å². The lowest BCUT2D eigenvalue weighted by Crippen LogP contribution is -2.28. The van der Waals surface area contributed by atoms with E-state index in [9.17, 15) is 14.0 Å². The largest absolute Gasteiger partial charge is 0.326 e. The van der Waals surface area contributed by atoms with Crippen molar-refractivity contribution in [3.63, 3.8) is 0 Å². The van der Waals surface area contributed by atoms with Crippen LogP contribution in [-0.2, 0) is 9.59 Å². The van der Waals surface area contributed by atoms with Gasteiger partial charge in [0.2, 0.25) is 11.8 Å². The van der Waals surface area contributed by atoms with Gasteiger partial charge in [-0.3, -0.25) is 9.59 Å². The van der Waals surface area contributed by atoms with Gasteiger partial charge in [0, 0.05) is 24.3 Å². The summed E-state index contributed by atoms with van der Waals surface area (Å²) >= 11 is 0. The Bertz CT molecular complexity index is 848. The number of anilines is 2. The van der Waals surface area contributed by atoms with Crippen molar-refractivity contribution in [2.75, 3.05) is 16.8 Å². The van der Waals surface area contributed by atoms with E-state index in [4.69, 9.17) is 0 Å². The molecule has 0 radical (unpaired) electrons. The third-order valence-electron chi connectivity index (χ3n) is 4.74. The van der Waals surface area contributed by atoms with Crippen LogP contribution in [0.2, 0.25) is 0 Å². The zero-order valence-electron chi connectivity index (χ0n) is 14.6. The number of aryl methyl sites for hydroxylation is 3. The number of hydrogen-bond donors (Lipinski definition) is 1. The molecule has 2 aromatic rings. The second kappa shape index (κ2) is 6.67. The summed E-state index contributed by atoms with van der Waals surface area (Å²) in [6.45, 7) is 6.11. The highest BCUT2D eigenvalue weighted by atomic mass is 19.1. The summed E-state index contributed by atoms with van der Waals surface area (Å²) in [5.41, 5.74) is 4.32. The quantitative estimate of drug-likeness (QED) is 0.925. The molecule has 1 saturated heterocycles. The second-order valence-corrected chi connectivity index (χ2v) is 6.62. The molecule has 0 bridgehead atoms. The van der Waals surface area contributed by atoms with Gasteiger partial charge in [0.15, 0.2) is 0 Å². The van der Waals surface area contributed by atoms with Gasteiger partial charge in [0.25, 0.3) is 0 Å². The summed E-state index contributed by atoms with van der Waals surface area (Å²) in [4.78, 5) is 26.5. The predicted molar refractivity (Wildman–Crippen MR) is 96.1 cm³/mol. The first kappa shape index (κ1) is 17.1. The zero-order valence-corrected chi connectivity index (χ0v) is 14.6. The van der Waals surface area contributed by atoms with Gasteiger partial charge >= 0.3 is 0 Å². The second-order valence-electron chi connectivity index (χ2n) is 6.62. The van der Waals surface area contributed by atoms with E-state index < -0.39 is 5.92 Å². The normalized spacial score (nSPS) is 17.0. The Morgan fingerprint density at radius 1 is 1.08 bits per heavy atom. The molecular formula is C20H21FN2O2. The highest BCUT2D eigenvalue weighted by molar-refractivity contribution is 6.03. The first-order valence-corrected chi connectivity index (χ1v) is 8.30. The Hall–Kier alpha value is -2.69. The maximum Gasteiger partial charge on any atom is 0.229 e. The van der Waals surface area contributed by atoms with E-state index in [1.165, 1.54) is 12.1 Å². The van der Waals surface area contributed by atoms with Gasteiger partial charge in [-0.2, -0.15) is 0 Å². The van der Waals surface area contributed by atoms with Crippen molar-refractivity contribution in [3.05, 3.63) is 58.9 Å². The van der Waals surface area contributed by atoms with Crippen molar-refractivity contribution in [1.29, 1.82) is 0 Å². The van der Waals surface area contributed by atoms with E-state index in [0.717, 1.165) is 16.8 Å². The van der Waals surface area contributed by atoms with Crippen LogP contribution in [0.25, 0.3) is 0 Å². The van der Waals surface area contributed by atoms with Crippen LogP contribution in [-0.4, -0.2) is 18.4 Å². The first-order valence-electron chi connectivity index (χ1n) is 8.30. The van der Waals surface area contributed by atoms with Crippen LogP contribution in [0.3, 0.4) is 0 Å². The van der Waals surface area contributed by atoms with Crippen LogP contribution in [0, 0.1) is 32.5 Å². The molecule has 1 heterocycles. The molecule has 25 heavy (non-hydrogen) atoms. The van der Waals surface area contributed by atoms with E-state index in [0.29, 0.717) is 17.8 Å². The Balaban J connectivity index is 1.73. The van der Waals surface area contributed by atoms with E-state index in [1.54, 1.807) is 17.9 Å². The lowest BCUT2D eigenvalue weighted by Gasteiger charge is -2.18. The predicted octanol–water partition coefficient (Wildman–Crippen LogP) is 3.74. The molecule has 0 saturated carbocycles. The topological polar surface area (TPSA) is 49.4 Å². The number of nitrogens with zero attached hydrogens (tertiary/aromatic N) is 1. The lowest BCUT2D eigenvalue weighted by molar-refractivity contribution is -0.122. The van der Waals surface area contributed by atoms with Gasteiger partial charge in [-0.15, -0.1) is 0 Å². The molecule has 1 fully saturated rings. The summed E-state index contributed by atoms with van der Waals surface area (Å²) in [6.07, 6.45) is 0.180. The van der Waals surface area contributed by atoms with Gasteiger partial charge in [0.1, 0.15) is 5.82 Å². The molecule has 130 valence electrons. The summed E-state index contributed by atoms with van der Waals surface area (Å²) in [5.74, 6) is -1.03. The van der Waals surface area contributed by atoms with E-state index >= 15 is 0 Å². The van der Waals surface area contributed by atoms with Crippen LogP contribution < -0.4 is 10.2 Å². The average molecular weight is 340 g/mol. The fourth-order valence-corrected chi connectivity index (χ4v) is 3.03. The number of halogens is 1. The van der Waals surface area contributed by atoms with Crippen LogP contribution >= 0.6 is 0 Å². The molecule has 1 aliphatic heterocycles. The minimum atomic E-state index is -0.418. The molecule has 2 aromatic carbocycles. The monoisotopic (exact) mass is 340 g/mol. The minimum Gasteiger partial charge on any atom is -0.326 e. The third kappa shape index (κ3) is 3.55. The number of amides is 2. The number of carbonyl (C=O) groups excluding carboxylic acids is 2. The molecule has 3 rings (SSSR count). The van der Waals surface area contributed by atoms with Crippen molar-refractivity contribution in [2.24, 2.45) is 5.92 Å². The molecule has 1 atom stereocenters. The number of rotatable bonds is 3. The molecular weight excluding hydrogens is 319 g/mol. The molecule has 0 spiro atoms. The Morgan fingerprint density at radius 3 is 2.52 bits per heavy atom. The molecule has 1 N–H and O–H groups in total. The maximum absolute atomic E-state index is 13.2. The van der Waals surface area contributed by atoms with Crippen molar-refractivity contribution < 1.29 is 14.0 Å². The van der Waals surface area contributed by atoms with Crippen molar-refractivity contribution in [3.8, 4) is 0 Å². The van der Waals surface area contributed by atoms with Gasteiger partial charge in [-0.1, -0.05) is 6.07 Å². The lowest BCUT2D eigenvalue weighted by atomic mass is 10.1. The number of carbonyl (C=O) groups is 2. The fourth-order valence-electron chi connectivity index (χ4n) is 3.03. The number of nitrogens with one attached hydrogen (secondary N) is 1. The molecule has 1 aliphatic rings. The van der Waals surface area contributed by atoms with Gasteiger partial charge in [0.05, 0.1) is 5.92 Å². The van der Waals surface area contributed by atoms with Gasteiger partial charge in [-0.05, 0) is 67.8 Å². The van der Waals surface area contributed by atoms with Crippen LogP contribution in [0.1, 0.15) is 23.1 Å². The number of hydrogen-bond acceptors (Lipinski definition) is 2. The van der Waals surface area contributed by atoms with E-state index in [2.05, 4.69) is 5.32 Å². The third-order valence-corrected chi connectivity index (χ3v) is 4.74. The Morgan fingerprint density at radius 2 is 1.84 bits per heavy atom. The van der Waals surface area contributed by atoms with Crippen molar-refractivity contribution >= 4 is 23.2 Å². The molecule has 0 aromatic heterocycles. The van der Waals surface area contributed by atoms with Crippen molar-refractivity contribution in [1.82, 2.24) is 0 Å². The van der Waals surface area contributed by atoms with Crippen LogP contribution in [0.4, 0.5) is 15.8 Å². The van der Waals surface area contributed by atoms with Crippen LogP contribution in [0.15, 0.2) is 36.4 Å². The summed E-state index contributed by atoms with van der Waals surface area (Å²) in [5, 5.41) is 2.81. The molecule has 2 amide bonds. The molecule has 5 heteroatoms. The summed E-state index contributed by atoms with van der Waals surface area (Å²) in [6, 6.07) is 10.1. The highest BCUT2D eigenvalue weighted by Gasteiger charge is 2.35. The number of benzene rings is 2. The fraction of sp³-hybridized carbons (Fsp3) is 0.300. The summed E-state index contributed by atoms with van der Waals surface area (Å²) in [7, 11) is 0. The Kier molecular flexibility index (Phi) is 4.57. The smallest absolute Gasteiger partial charge is 0.229 e. The van der Waals surface area contributed by atoms with Crippen molar-refractivity contribution in [2.45, 2.75) is 27.2 Å². The minimum absolute atomic E-state index is 0.0563. The van der Waals surface area contributed by atoms with E-state index in [1.807, 2.05) is 32.0 Å². The molecule has 0 aliphatic carbocycles. The average Bonchev–Trinajstić information content (AvgIpc) is 2.95. The van der Waals surface area contributed by atoms with Gasteiger partial charge < -0.3 is 10.2 Å². The standard InChI is InChI=1S/C20H21FN2O2/c1-12-4-6-17(9-13(12)2)23-11-15(10-19(23)24)20(25)22-18-7-5-16(21)8-14(18)3/h4-9,15H,10-11H2,1-3H3,(H,22,25)/t15-/m0/s1. The molecule has 4 nitrogen and oxygen atoms in total. The zero-order chi connectivity index (χ0) is 18.1. The van der Waals surface area contributed by atoms with E-state index in [-0.39, 0.29) is 24.1 Å².